The lowest BCUT2D eigenvalue weighted by Crippen LogP contribution is -2.25. The van der Waals surface area contributed by atoms with Gasteiger partial charge in [-0.05, 0) is 24.3 Å². The van der Waals surface area contributed by atoms with Gasteiger partial charge in [-0.3, -0.25) is 5.43 Å². The molecule has 0 radical (unpaired) electrons. The number of benzene rings is 2. The Morgan fingerprint density at radius 2 is 1.80 bits per heavy atom. The van der Waals surface area contributed by atoms with Crippen molar-refractivity contribution in [3.8, 4) is 11.5 Å². The molecule has 0 aromatic heterocycles. The zero-order chi connectivity index (χ0) is 18.6. The van der Waals surface area contributed by atoms with Crippen molar-refractivity contribution < 1.29 is 19.4 Å². The maximum absolute atomic E-state index is 11.5. The summed E-state index contributed by atoms with van der Waals surface area (Å²) in [7, 11) is 2.73. The molecule has 0 aliphatic carbocycles. The molecule has 0 bridgehead atoms. The summed E-state index contributed by atoms with van der Waals surface area (Å²) in [4.78, 5) is 11.5. The van der Waals surface area contributed by atoms with E-state index in [1.54, 1.807) is 6.07 Å². The highest BCUT2D eigenvalue weighted by molar-refractivity contribution is 6.41. The van der Waals surface area contributed by atoms with Crippen molar-refractivity contribution in [1.29, 1.82) is 0 Å². The summed E-state index contributed by atoms with van der Waals surface area (Å²) in [6, 6.07) is 6.04. The number of hydrogen-bond acceptors (Lipinski definition) is 6. The predicted molar refractivity (Wildman–Crippen MR) is 96.6 cm³/mol. The quantitative estimate of drug-likeness (QED) is 0.591. The molecule has 2 aromatic rings. The topological polar surface area (TPSA) is 83.0 Å². The van der Waals surface area contributed by atoms with Crippen LogP contribution < -0.4 is 20.0 Å². The van der Waals surface area contributed by atoms with Crippen molar-refractivity contribution in [2.75, 3.05) is 19.6 Å². The number of methoxy groups -OCH3 is 2. The van der Waals surface area contributed by atoms with Gasteiger partial charge in [0.2, 0.25) is 0 Å². The molecule has 0 fully saturated rings. The molecule has 0 spiro atoms. The lowest BCUT2D eigenvalue weighted by molar-refractivity contribution is -0.255. The van der Waals surface area contributed by atoms with E-state index in [1.165, 1.54) is 38.6 Å². The molecule has 2 rings (SSSR count). The third-order valence-corrected chi connectivity index (χ3v) is 3.98. The van der Waals surface area contributed by atoms with E-state index in [0.29, 0.717) is 10.7 Å². The number of hydrazone groups is 1. The van der Waals surface area contributed by atoms with Crippen LogP contribution >= 0.6 is 34.8 Å². The van der Waals surface area contributed by atoms with Gasteiger partial charge in [0.15, 0.2) is 11.5 Å². The number of rotatable bonds is 6. The summed E-state index contributed by atoms with van der Waals surface area (Å²) in [6.45, 7) is 0. The highest BCUT2D eigenvalue weighted by Gasteiger charge is 2.15. The van der Waals surface area contributed by atoms with Crippen molar-refractivity contribution in [2.45, 2.75) is 0 Å². The van der Waals surface area contributed by atoms with Crippen molar-refractivity contribution >= 4 is 52.7 Å². The minimum absolute atomic E-state index is 0.0361. The van der Waals surface area contributed by atoms with Gasteiger partial charge in [0.1, 0.15) is 0 Å². The molecule has 6 nitrogen and oxygen atoms in total. The monoisotopic (exact) mass is 401 g/mol. The van der Waals surface area contributed by atoms with E-state index in [2.05, 4.69) is 10.5 Å². The number of carboxylic acids is 1. The lowest BCUT2D eigenvalue weighted by atomic mass is 10.1. The Morgan fingerprint density at radius 1 is 1.16 bits per heavy atom. The highest BCUT2D eigenvalue weighted by atomic mass is 35.5. The van der Waals surface area contributed by atoms with Crippen molar-refractivity contribution in [3.05, 3.63) is 50.5 Å². The standard InChI is InChI=1S/C16H13Cl3N2O4/c1-24-12-4-3-8(13(16(22)23)15(12)25-2)7-20-21-14-10(18)5-9(17)6-11(14)19/h3-7,21H,1-2H3,(H,22,23)/p-1. The van der Waals surface area contributed by atoms with Crippen molar-refractivity contribution in [2.24, 2.45) is 5.10 Å². The molecule has 0 atom stereocenters. The van der Waals surface area contributed by atoms with Crippen LogP contribution in [0.1, 0.15) is 15.9 Å². The second kappa shape index (κ2) is 8.29. The summed E-state index contributed by atoms with van der Waals surface area (Å²) >= 11 is 17.9. The average molecular weight is 403 g/mol. The molecule has 0 heterocycles. The molecular formula is C16H12Cl3N2O4-. The normalized spacial score (nSPS) is 10.8. The molecule has 0 amide bonds. The SMILES string of the molecule is COc1ccc(C=NNc2c(Cl)cc(Cl)cc2Cl)c(C(=O)[O-])c1OC. The summed E-state index contributed by atoms with van der Waals surface area (Å²) in [5.74, 6) is -1.13. The minimum Gasteiger partial charge on any atom is -0.545 e. The van der Waals surface area contributed by atoms with Crippen molar-refractivity contribution in [1.82, 2.24) is 0 Å². The highest BCUT2D eigenvalue weighted by Crippen LogP contribution is 2.34. The lowest BCUT2D eigenvalue weighted by Gasteiger charge is -2.15. The van der Waals surface area contributed by atoms with Gasteiger partial charge in [-0.1, -0.05) is 34.8 Å². The van der Waals surface area contributed by atoms with Gasteiger partial charge >= 0.3 is 0 Å². The minimum atomic E-state index is -1.43. The molecule has 2 aromatic carbocycles. The van der Waals surface area contributed by atoms with Crippen LogP contribution in [0.5, 0.6) is 11.5 Å². The first-order valence-electron chi connectivity index (χ1n) is 6.79. The van der Waals surface area contributed by atoms with Gasteiger partial charge in [-0.15, -0.1) is 0 Å². The number of carboxylic acid groups (broad SMARTS) is 1. The maximum Gasteiger partial charge on any atom is 0.170 e. The summed E-state index contributed by atoms with van der Waals surface area (Å²) < 4.78 is 10.2. The van der Waals surface area contributed by atoms with Crippen molar-refractivity contribution in [3.63, 3.8) is 0 Å². The van der Waals surface area contributed by atoms with Gasteiger partial charge in [0, 0.05) is 10.6 Å². The molecule has 1 N–H and O–H groups in total. The average Bonchev–Trinajstić information content (AvgIpc) is 2.55. The van der Waals surface area contributed by atoms with Crippen LogP contribution in [0.25, 0.3) is 0 Å². The summed E-state index contributed by atoms with van der Waals surface area (Å²) in [5.41, 5.74) is 3.03. The number of ether oxygens (including phenoxy) is 2. The van der Waals surface area contributed by atoms with Crippen LogP contribution in [0.4, 0.5) is 5.69 Å². The molecule has 0 saturated carbocycles. The van der Waals surface area contributed by atoms with E-state index < -0.39 is 5.97 Å². The zero-order valence-corrected chi connectivity index (χ0v) is 15.4. The van der Waals surface area contributed by atoms with Crippen LogP contribution in [-0.4, -0.2) is 26.4 Å². The Hall–Kier alpha value is -2.15. The van der Waals surface area contributed by atoms with E-state index >= 15 is 0 Å². The van der Waals surface area contributed by atoms with Crippen LogP contribution in [0.2, 0.25) is 15.1 Å². The molecule has 132 valence electrons. The second-order valence-electron chi connectivity index (χ2n) is 4.67. The Labute approximate surface area is 158 Å². The molecular weight excluding hydrogens is 391 g/mol. The van der Waals surface area contributed by atoms with Crippen LogP contribution in [-0.2, 0) is 0 Å². The number of aromatic carboxylic acids is 1. The number of halogens is 3. The zero-order valence-electron chi connectivity index (χ0n) is 13.1. The molecule has 9 heteroatoms. The Morgan fingerprint density at radius 3 is 2.32 bits per heavy atom. The second-order valence-corrected chi connectivity index (χ2v) is 5.92. The van der Waals surface area contributed by atoms with Gasteiger partial charge in [-0.25, -0.2) is 0 Å². The van der Waals surface area contributed by atoms with E-state index in [-0.39, 0.29) is 32.7 Å². The molecule has 0 saturated heterocycles. The summed E-state index contributed by atoms with van der Waals surface area (Å²) in [6.07, 6.45) is 1.27. The number of nitrogens with zero attached hydrogens (tertiary/aromatic N) is 1. The third-order valence-electron chi connectivity index (χ3n) is 3.17. The first-order chi connectivity index (χ1) is 11.9. The Balaban J connectivity index is 2.37. The number of carbonyl (C=O) groups is 1. The number of anilines is 1. The predicted octanol–water partition coefficient (Wildman–Crippen LogP) is 3.47. The fourth-order valence-corrected chi connectivity index (χ4v) is 2.98. The fraction of sp³-hybridized carbons (Fsp3) is 0.125. The number of hydrogen-bond donors (Lipinski definition) is 1. The molecule has 0 aliphatic heterocycles. The maximum atomic E-state index is 11.5. The first-order valence-corrected chi connectivity index (χ1v) is 7.92. The van der Waals surface area contributed by atoms with E-state index in [4.69, 9.17) is 44.3 Å². The Bertz CT molecular complexity index is 817. The van der Waals surface area contributed by atoms with Gasteiger partial charge in [-0.2, -0.15) is 5.10 Å². The first kappa shape index (κ1) is 19.2. The summed E-state index contributed by atoms with van der Waals surface area (Å²) in [5, 5.41) is 16.3. The molecule has 0 aliphatic rings. The fourth-order valence-electron chi connectivity index (χ4n) is 2.08. The van der Waals surface area contributed by atoms with Gasteiger partial charge in [0.05, 0.1) is 47.7 Å². The van der Waals surface area contributed by atoms with Crippen LogP contribution in [0.15, 0.2) is 29.4 Å². The van der Waals surface area contributed by atoms with Gasteiger partial charge in [0.25, 0.3) is 0 Å². The smallest absolute Gasteiger partial charge is 0.170 e. The Kier molecular flexibility index (Phi) is 6.36. The van der Waals surface area contributed by atoms with Gasteiger partial charge < -0.3 is 19.4 Å². The van der Waals surface area contributed by atoms with E-state index in [1.807, 2.05) is 0 Å². The molecule has 0 unspecified atom stereocenters. The third kappa shape index (κ3) is 4.28. The van der Waals surface area contributed by atoms with Crippen LogP contribution in [0, 0.1) is 0 Å². The number of nitrogens with one attached hydrogen (secondary N) is 1. The van der Waals surface area contributed by atoms with E-state index in [0.717, 1.165) is 0 Å². The largest absolute Gasteiger partial charge is 0.545 e. The molecule has 25 heavy (non-hydrogen) atoms. The number of carbonyl (C=O) groups excluding carboxylic acids is 1. The van der Waals surface area contributed by atoms with Crippen LogP contribution in [0.3, 0.4) is 0 Å². The van der Waals surface area contributed by atoms with E-state index in [9.17, 15) is 9.90 Å².